The van der Waals surface area contributed by atoms with Crippen molar-refractivity contribution in [2.45, 2.75) is 50.0 Å². The van der Waals surface area contributed by atoms with Gasteiger partial charge < -0.3 is 19.9 Å². The standard InChI is InChI=1S/C23H28N2O6S/c1-14(15-6-4-3-5-7-15)24-22(27)12-17-11-19-18-10-16(25-32(2,28)29)8-9-20(18)31-23(19)21(13-26)30-17/h3-10,14,17,19,21,23,25-26H,11-13H2,1-2H3,(H,24,27)/t14-,17+,19+,21-,23-/m0/s1. The fourth-order valence-electron chi connectivity index (χ4n) is 4.50. The van der Waals surface area contributed by atoms with E-state index in [2.05, 4.69) is 10.0 Å². The molecule has 4 rings (SSSR count). The van der Waals surface area contributed by atoms with Crippen LogP contribution >= 0.6 is 0 Å². The summed E-state index contributed by atoms with van der Waals surface area (Å²) in [6, 6.07) is 14.7. The molecule has 2 aromatic rings. The first-order valence-corrected chi connectivity index (χ1v) is 12.5. The van der Waals surface area contributed by atoms with E-state index < -0.39 is 22.2 Å². The van der Waals surface area contributed by atoms with Gasteiger partial charge in [-0.15, -0.1) is 0 Å². The second kappa shape index (κ2) is 9.09. The Morgan fingerprint density at radius 2 is 1.97 bits per heavy atom. The highest BCUT2D eigenvalue weighted by molar-refractivity contribution is 7.92. The Bertz CT molecular complexity index is 1080. The van der Waals surface area contributed by atoms with Gasteiger partial charge >= 0.3 is 0 Å². The molecule has 0 spiro atoms. The third-order valence-corrected chi connectivity index (χ3v) is 6.50. The Morgan fingerprint density at radius 3 is 2.66 bits per heavy atom. The minimum absolute atomic E-state index is 0.110. The number of nitrogens with one attached hydrogen (secondary N) is 2. The molecule has 0 saturated carbocycles. The quantitative estimate of drug-likeness (QED) is 0.584. The molecule has 172 valence electrons. The van der Waals surface area contributed by atoms with Crippen LogP contribution in [0.4, 0.5) is 5.69 Å². The molecule has 2 aliphatic heterocycles. The number of hydrogen-bond donors (Lipinski definition) is 3. The van der Waals surface area contributed by atoms with Gasteiger partial charge in [0.05, 0.1) is 31.4 Å². The zero-order valence-corrected chi connectivity index (χ0v) is 18.8. The van der Waals surface area contributed by atoms with Crippen molar-refractivity contribution in [2.24, 2.45) is 0 Å². The van der Waals surface area contributed by atoms with E-state index in [4.69, 9.17) is 9.47 Å². The molecule has 2 aliphatic rings. The van der Waals surface area contributed by atoms with E-state index >= 15 is 0 Å². The van der Waals surface area contributed by atoms with Crippen LogP contribution in [0, 0.1) is 0 Å². The topological polar surface area (TPSA) is 114 Å². The zero-order valence-electron chi connectivity index (χ0n) is 18.0. The number of rotatable bonds is 7. The molecule has 0 unspecified atom stereocenters. The maximum Gasteiger partial charge on any atom is 0.229 e. The third kappa shape index (κ3) is 5.06. The molecule has 0 bridgehead atoms. The van der Waals surface area contributed by atoms with Gasteiger partial charge in [-0.05, 0) is 37.1 Å². The monoisotopic (exact) mass is 460 g/mol. The van der Waals surface area contributed by atoms with Crippen molar-refractivity contribution in [3.05, 3.63) is 59.7 Å². The highest BCUT2D eigenvalue weighted by atomic mass is 32.2. The van der Waals surface area contributed by atoms with E-state index in [1.807, 2.05) is 37.3 Å². The Balaban J connectivity index is 1.47. The number of anilines is 1. The SMILES string of the molecule is C[C@H](NC(=O)C[C@H]1C[C@@H]2c3cc(NS(C)(=O)=O)ccc3O[C@@H]2[C@H](CO)O1)c1ccccc1. The van der Waals surface area contributed by atoms with Gasteiger partial charge in [0.1, 0.15) is 18.0 Å². The molecule has 3 N–H and O–H groups in total. The van der Waals surface area contributed by atoms with Crippen LogP contribution in [0.5, 0.6) is 5.75 Å². The van der Waals surface area contributed by atoms with Gasteiger partial charge in [-0.2, -0.15) is 0 Å². The normalized spacial score (nSPS) is 25.2. The summed E-state index contributed by atoms with van der Waals surface area (Å²) in [6.45, 7) is 1.70. The van der Waals surface area contributed by atoms with Crippen molar-refractivity contribution in [1.82, 2.24) is 5.32 Å². The van der Waals surface area contributed by atoms with Crippen LogP contribution in [0.25, 0.3) is 0 Å². The number of aliphatic hydroxyl groups excluding tert-OH is 1. The number of ether oxygens (including phenoxy) is 2. The Labute approximate surface area is 188 Å². The lowest BCUT2D eigenvalue weighted by Gasteiger charge is -2.37. The van der Waals surface area contributed by atoms with Crippen molar-refractivity contribution >= 4 is 21.6 Å². The minimum atomic E-state index is -3.41. The lowest BCUT2D eigenvalue weighted by Crippen LogP contribution is -2.47. The molecule has 0 aromatic heterocycles. The smallest absolute Gasteiger partial charge is 0.229 e. The number of benzene rings is 2. The Hall–Kier alpha value is -2.62. The van der Waals surface area contributed by atoms with Crippen molar-refractivity contribution in [2.75, 3.05) is 17.6 Å². The van der Waals surface area contributed by atoms with E-state index in [1.54, 1.807) is 18.2 Å². The fourth-order valence-corrected chi connectivity index (χ4v) is 5.05. The van der Waals surface area contributed by atoms with Crippen LogP contribution < -0.4 is 14.8 Å². The highest BCUT2D eigenvalue weighted by Crippen LogP contribution is 2.47. The molecular weight excluding hydrogens is 432 g/mol. The average molecular weight is 461 g/mol. The number of aliphatic hydroxyl groups is 1. The fraction of sp³-hybridized carbons (Fsp3) is 0.435. The highest BCUT2D eigenvalue weighted by Gasteiger charge is 2.46. The summed E-state index contributed by atoms with van der Waals surface area (Å²) in [7, 11) is -3.41. The van der Waals surface area contributed by atoms with Gasteiger partial charge in [0, 0.05) is 17.2 Å². The van der Waals surface area contributed by atoms with Gasteiger partial charge in [-0.25, -0.2) is 8.42 Å². The summed E-state index contributed by atoms with van der Waals surface area (Å²) in [5, 5.41) is 12.9. The molecule has 1 amide bonds. The van der Waals surface area contributed by atoms with Crippen LogP contribution in [-0.4, -0.2) is 50.6 Å². The molecular formula is C23H28N2O6S. The van der Waals surface area contributed by atoms with Crippen LogP contribution in [0.3, 0.4) is 0 Å². The molecule has 5 atom stereocenters. The number of hydrogen-bond acceptors (Lipinski definition) is 6. The van der Waals surface area contributed by atoms with Crippen molar-refractivity contribution in [3.63, 3.8) is 0 Å². The summed E-state index contributed by atoms with van der Waals surface area (Å²) in [6.07, 6.45) is 0.443. The molecule has 1 saturated heterocycles. The second-order valence-corrected chi connectivity index (χ2v) is 10.2. The second-order valence-electron chi connectivity index (χ2n) is 8.43. The Morgan fingerprint density at radius 1 is 1.22 bits per heavy atom. The molecule has 2 heterocycles. The first-order chi connectivity index (χ1) is 15.2. The molecule has 9 heteroatoms. The third-order valence-electron chi connectivity index (χ3n) is 5.89. The van der Waals surface area contributed by atoms with E-state index in [-0.39, 0.29) is 37.0 Å². The van der Waals surface area contributed by atoms with Gasteiger partial charge in [0.15, 0.2) is 0 Å². The lowest BCUT2D eigenvalue weighted by atomic mass is 9.84. The molecule has 0 aliphatic carbocycles. The molecule has 0 radical (unpaired) electrons. The van der Waals surface area contributed by atoms with Gasteiger partial charge in [0.2, 0.25) is 15.9 Å². The van der Waals surface area contributed by atoms with Crippen molar-refractivity contribution in [1.29, 1.82) is 0 Å². The maximum absolute atomic E-state index is 12.7. The Kier molecular flexibility index (Phi) is 6.41. The molecule has 32 heavy (non-hydrogen) atoms. The van der Waals surface area contributed by atoms with Crippen molar-refractivity contribution < 1.29 is 27.8 Å². The van der Waals surface area contributed by atoms with E-state index in [0.29, 0.717) is 17.9 Å². The first-order valence-electron chi connectivity index (χ1n) is 10.6. The van der Waals surface area contributed by atoms with E-state index in [1.165, 1.54) is 0 Å². The number of fused-ring (bicyclic) bond motifs is 3. The number of carbonyl (C=O) groups is 1. The molecule has 1 fully saturated rings. The van der Waals surface area contributed by atoms with Crippen LogP contribution in [0.1, 0.15) is 42.9 Å². The van der Waals surface area contributed by atoms with Crippen LogP contribution in [-0.2, 0) is 19.6 Å². The van der Waals surface area contributed by atoms with Crippen LogP contribution in [0.15, 0.2) is 48.5 Å². The van der Waals surface area contributed by atoms with E-state index in [0.717, 1.165) is 17.4 Å². The van der Waals surface area contributed by atoms with Crippen molar-refractivity contribution in [3.8, 4) is 5.75 Å². The number of sulfonamides is 1. The minimum Gasteiger partial charge on any atom is -0.487 e. The molecule has 2 aromatic carbocycles. The zero-order chi connectivity index (χ0) is 22.9. The summed E-state index contributed by atoms with van der Waals surface area (Å²) >= 11 is 0. The summed E-state index contributed by atoms with van der Waals surface area (Å²) in [4.78, 5) is 12.7. The van der Waals surface area contributed by atoms with Crippen LogP contribution in [0.2, 0.25) is 0 Å². The maximum atomic E-state index is 12.7. The summed E-state index contributed by atoms with van der Waals surface area (Å²) < 4.78 is 37.7. The number of amides is 1. The largest absolute Gasteiger partial charge is 0.487 e. The van der Waals surface area contributed by atoms with Gasteiger partial charge in [-0.3, -0.25) is 9.52 Å². The first kappa shape index (κ1) is 22.6. The van der Waals surface area contributed by atoms with Gasteiger partial charge in [0.25, 0.3) is 0 Å². The summed E-state index contributed by atoms with van der Waals surface area (Å²) in [5.41, 5.74) is 2.32. The molecule has 8 nitrogen and oxygen atoms in total. The lowest BCUT2D eigenvalue weighted by molar-refractivity contribution is -0.142. The number of carbonyl (C=O) groups excluding carboxylic acids is 1. The van der Waals surface area contributed by atoms with Gasteiger partial charge in [-0.1, -0.05) is 30.3 Å². The predicted molar refractivity (Wildman–Crippen MR) is 120 cm³/mol. The van der Waals surface area contributed by atoms with E-state index in [9.17, 15) is 18.3 Å². The average Bonchev–Trinajstić information content (AvgIpc) is 3.10. The predicted octanol–water partition coefficient (Wildman–Crippen LogP) is 2.32. The summed E-state index contributed by atoms with van der Waals surface area (Å²) in [5.74, 6) is 0.401.